The van der Waals surface area contributed by atoms with Crippen molar-refractivity contribution in [3.63, 3.8) is 0 Å². The van der Waals surface area contributed by atoms with Gasteiger partial charge in [0.15, 0.2) is 12.3 Å². The molecule has 0 unspecified atom stereocenters. The van der Waals surface area contributed by atoms with Gasteiger partial charge in [0.05, 0.1) is 17.7 Å². The predicted molar refractivity (Wildman–Crippen MR) is 136 cm³/mol. The zero-order valence-corrected chi connectivity index (χ0v) is 20.4. The van der Waals surface area contributed by atoms with Gasteiger partial charge < -0.3 is 14.8 Å². The number of amides is 1. The number of benzene rings is 2. The van der Waals surface area contributed by atoms with Gasteiger partial charge in [-0.2, -0.15) is 9.78 Å². The number of ether oxygens (including phenoxy) is 2. The maximum atomic E-state index is 13.5. The molecule has 9 heteroatoms. The largest absolute Gasteiger partial charge is 0.484 e. The second-order valence-electron chi connectivity index (χ2n) is 8.04. The number of nitrogens with zero attached hydrogens (tertiary/aromatic N) is 2. The summed E-state index contributed by atoms with van der Waals surface area (Å²) in [5.74, 6) is -0.199. The highest BCUT2D eigenvalue weighted by atomic mass is 32.1. The quantitative estimate of drug-likeness (QED) is 0.357. The van der Waals surface area contributed by atoms with Crippen LogP contribution < -0.4 is 15.6 Å². The van der Waals surface area contributed by atoms with E-state index < -0.39 is 17.4 Å². The lowest BCUT2D eigenvalue weighted by atomic mass is 10.0. The fraction of sp³-hybridized carbons (Fsp3) is 0.231. The predicted octanol–water partition coefficient (Wildman–Crippen LogP) is 4.76. The number of carbonyl (C=O) groups excluding carboxylic acids is 2. The zero-order chi connectivity index (χ0) is 24.9. The van der Waals surface area contributed by atoms with Crippen LogP contribution in [0.3, 0.4) is 0 Å². The van der Waals surface area contributed by atoms with E-state index in [1.54, 1.807) is 48.7 Å². The van der Waals surface area contributed by atoms with E-state index in [0.29, 0.717) is 27.7 Å². The van der Waals surface area contributed by atoms with Crippen molar-refractivity contribution >= 4 is 39.0 Å². The van der Waals surface area contributed by atoms with Crippen LogP contribution in [0, 0.1) is 0 Å². The highest BCUT2D eigenvalue weighted by Gasteiger charge is 2.23. The van der Waals surface area contributed by atoms with Crippen LogP contribution in [-0.4, -0.2) is 34.9 Å². The van der Waals surface area contributed by atoms with E-state index in [1.165, 1.54) is 4.68 Å². The van der Waals surface area contributed by atoms with E-state index in [0.717, 1.165) is 16.9 Å². The van der Waals surface area contributed by atoms with Crippen LogP contribution in [0.4, 0.5) is 5.00 Å². The van der Waals surface area contributed by atoms with Crippen LogP contribution >= 0.6 is 11.3 Å². The molecule has 180 valence electrons. The van der Waals surface area contributed by atoms with Gasteiger partial charge in [0.1, 0.15) is 10.8 Å². The van der Waals surface area contributed by atoms with Gasteiger partial charge in [-0.25, -0.2) is 4.79 Å². The Bertz CT molecular complexity index is 1410. The molecule has 0 saturated heterocycles. The first kappa shape index (κ1) is 24.2. The van der Waals surface area contributed by atoms with Crippen LogP contribution in [0.25, 0.3) is 16.5 Å². The van der Waals surface area contributed by atoms with Crippen LogP contribution in [0.5, 0.6) is 5.75 Å². The third kappa shape index (κ3) is 5.25. The lowest BCUT2D eigenvalue weighted by molar-refractivity contribution is -0.118. The van der Waals surface area contributed by atoms with Crippen molar-refractivity contribution in [2.75, 3.05) is 18.5 Å². The molecule has 0 bridgehead atoms. The number of fused-ring (bicyclic) bond motifs is 1. The molecule has 0 aliphatic rings. The monoisotopic (exact) mass is 491 g/mol. The Morgan fingerprint density at radius 1 is 1.09 bits per heavy atom. The van der Waals surface area contributed by atoms with Gasteiger partial charge in [-0.15, -0.1) is 11.3 Å². The van der Waals surface area contributed by atoms with Gasteiger partial charge in [0, 0.05) is 10.8 Å². The molecular formula is C26H25N3O5S. The number of carbonyl (C=O) groups is 2. The van der Waals surface area contributed by atoms with E-state index in [1.807, 2.05) is 18.2 Å². The van der Waals surface area contributed by atoms with Crippen molar-refractivity contribution in [3.05, 3.63) is 81.6 Å². The molecule has 0 atom stereocenters. The van der Waals surface area contributed by atoms with Crippen LogP contribution in [0.1, 0.15) is 42.7 Å². The Morgan fingerprint density at radius 3 is 2.46 bits per heavy atom. The van der Waals surface area contributed by atoms with Gasteiger partial charge in [-0.1, -0.05) is 44.2 Å². The maximum absolute atomic E-state index is 13.5. The van der Waals surface area contributed by atoms with Gasteiger partial charge >= 0.3 is 5.97 Å². The van der Waals surface area contributed by atoms with Gasteiger partial charge in [0.25, 0.3) is 11.5 Å². The number of rotatable bonds is 8. The van der Waals surface area contributed by atoms with E-state index in [2.05, 4.69) is 24.3 Å². The third-order valence-electron chi connectivity index (χ3n) is 5.29. The lowest BCUT2D eigenvalue weighted by Crippen LogP contribution is -2.26. The number of nitrogens with one attached hydrogen (secondary N) is 1. The average molecular weight is 492 g/mol. The minimum atomic E-state index is -0.645. The summed E-state index contributed by atoms with van der Waals surface area (Å²) in [4.78, 5) is 38.8. The standard InChI is InChI=1S/C26H25N3O5S/c1-4-33-26(32)23-20-15-35-24(27-21(30)14-34-19-8-6-5-7-9-19)22(20)25(31)29(28-23)18-12-10-17(11-13-18)16(2)3/h5-13,15-16H,4,14H2,1-3H3,(H,27,30). The topological polar surface area (TPSA) is 99.5 Å². The molecule has 0 spiro atoms. The van der Waals surface area contributed by atoms with Crippen molar-refractivity contribution in [1.29, 1.82) is 0 Å². The maximum Gasteiger partial charge on any atom is 0.359 e. The van der Waals surface area contributed by atoms with Gasteiger partial charge in [-0.3, -0.25) is 9.59 Å². The number of esters is 1. The van der Waals surface area contributed by atoms with Gasteiger partial charge in [0.2, 0.25) is 0 Å². The van der Waals surface area contributed by atoms with Crippen molar-refractivity contribution in [1.82, 2.24) is 9.78 Å². The second kappa shape index (κ2) is 10.5. The van der Waals surface area contributed by atoms with Crippen LogP contribution in [0.2, 0.25) is 0 Å². The third-order valence-corrected chi connectivity index (χ3v) is 6.19. The fourth-order valence-corrected chi connectivity index (χ4v) is 4.45. The van der Waals surface area contributed by atoms with E-state index in [-0.39, 0.29) is 24.3 Å². The molecule has 2 heterocycles. The molecule has 2 aromatic carbocycles. The number of aromatic nitrogens is 2. The number of para-hydroxylation sites is 1. The zero-order valence-electron chi connectivity index (χ0n) is 19.6. The molecule has 2 aromatic heterocycles. The first-order valence-corrected chi connectivity index (χ1v) is 12.1. The fourth-order valence-electron chi connectivity index (χ4n) is 3.50. The van der Waals surface area contributed by atoms with Crippen LogP contribution in [0.15, 0.2) is 64.8 Å². The molecule has 0 radical (unpaired) electrons. The SMILES string of the molecule is CCOC(=O)c1nn(-c2ccc(C(C)C)cc2)c(=O)c2c(NC(=O)COc3ccccc3)scc12. The second-order valence-corrected chi connectivity index (χ2v) is 8.92. The minimum absolute atomic E-state index is 0.00618. The number of hydrogen-bond donors (Lipinski definition) is 1. The molecule has 0 aliphatic carbocycles. The molecule has 0 fully saturated rings. The first-order valence-electron chi connectivity index (χ1n) is 11.2. The minimum Gasteiger partial charge on any atom is -0.484 e. The van der Waals surface area contributed by atoms with Gasteiger partial charge in [-0.05, 0) is 42.7 Å². The smallest absolute Gasteiger partial charge is 0.359 e. The van der Waals surface area contributed by atoms with Crippen molar-refractivity contribution < 1.29 is 19.1 Å². The molecule has 1 amide bonds. The molecular weight excluding hydrogens is 466 g/mol. The Morgan fingerprint density at radius 2 is 1.80 bits per heavy atom. The normalized spacial score (nSPS) is 11.0. The summed E-state index contributed by atoms with van der Waals surface area (Å²) in [7, 11) is 0. The molecule has 8 nitrogen and oxygen atoms in total. The average Bonchev–Trinajstić information content (AvgIpc) is 3.28. The first-order chi connectivity index (χ1) is 16.9. The summed E-state index contributed by atoms with van der Waals surface area (Å²) in [6.45, 7) is 5.78. The molecule has 0 aliphatic heterocycles. The summed E-state index contributed by atoms with van der Waals surface area (Å²) in [6, 6.07) is 16.3. The molecule has 4 aromatic rings. The molecule has 1 N–H and O–H groups in total. The summed E-state index contributed by atoms with van der Waals surface area (Å²) in [5, 5.41) is 9.52. The molecule has 35 heavy (non-hydrogen) atoms. The van der Waals surface area contributed by atoms with E-state index in [9.17, 15) is 14.4 Å². The number of anilines is 1. The van der Waals surface area contributed by atoms with Crippen molar-refractivity contribution in [2.24, 2.45) is 0 Å². The highest BCUT2D eigenvalue weighted by Crippen LogP contribution is 2.31. The summed E-state index contributed by atoms with van der Waals surface area (Å²) < 4.78 is 11.8. The summed E-state index contributed by atoms with van der Waals surface area (Å²) in [5.41, 5.74) is 1.16. The molecule has 0 saturated carbocycles. The Hall–Kier alpha value is -3.98. The summed E-state index contributed by atoms with van der Waals surface area (Å²) in [6.07, 6.45) is 0. The lowest BCUT2D eigenvalue weighted by Gasteiger charge is -2.11. The highest BCUT2D eigenvalue weighted by molar-refractivity contribution is 7.16. The van der Waals surface area contributed by atoms with E-state index >= 15 is 0 Å². The van der Waals surface area contributed by atoms with Crippen molar-refractivity contribution in [3.8, 4) is 11.4 Å². The number of thiophene rings is 1. The van der Waals surface area contributed by atoms with Crippen LogP contribution in [-0.2, 0) is 9.53 Å². The van der Waals surface area contributed by atoms with E-state index in [4.69, 9.17) is 9.47 Å². The molecule has 4 rings (SSSR count). The Labute approximate surface area is 206 Å². The Balaban J connectivity index is 1.73. The Kier molecular flexibility index (Phi) is 7.26. The van der Waals surface area contributed by atoms with Crippen molar-refractivity contribution in [2.45, 2.75) is 26.7 Å². The summed E-state index contributed by atoms with van der Waals surface area (Å²) >= 11 is 1.14. The number of hydrogen-bond acceptors (Lipinski definition) is 7.